The fraction of sp³-hybridized carbons (Fsp3) is 0.263. The first kappa shape index (κ1) is 15.1. The molecule has 0 aliphatic heterocycles. The number of hydrogen-bond donors (Lipinski definition) is 1. The van der Waals surface area contributed by atoms with Gasteiger partial charge in [-0.2, -0.15) is 5.10 Å². The number of nitrogens with zero attached hydrogens (tertiary/aromatic N) is 5. The molecule has 4 aromatic heterocycles. The molecule has 1 fully saturated rings. The maximum absolute atomic E-state index is 5.91. The van der Waals surface area contributed by atoms with Crippen LogP contribution in [0.15, 0.2) is 53.3 Å². The highest BCUT2D eigenvalue weighted by Gasteiger charge is 2.35. The molecule has 0 unspecified atom stereocenters. The van der Waals surface area contributed by atoms with E-state index in [-0.39, 0.29) is 6.04 Å². The molecule has 4 aromatic rings. The van der Waals surface area contributed by atoms with Gasteiger partial charge < -0.3 is 4.42 Å². The summed E-state index contributed by atoms with van der Waals surface area (Å²) < 4.78 is 7.83. The van der Waals surface area contributed by atoms with Crippen LogP contribution in [0, 0.1) is 12.8 Å². The molecule has 1 aliphatic carbocycles. The maximum Gasteiger partial charge on any atom is 0.156 e. The number of rotatable bonds is 5. The molecule has 4 heterocycles. The van der Waals surface area contributed by atoms with Gasteiger partial charge in [0.05, 0.1) is 17.9 Å². The first-order valence-electron chi connectivity index (χ1n) is 8.72. The van der Waals surface area contributed by atoms with E-state index < -0.39 is 0 Å². The lowest BCUT2D eigenvalue weighted by Gasteiger charge is -2.15. The summed E-state index contributed by atoms with van der Waals surface area (Å²) in [4.78, 5) is 4.57. The summed E-state index contributed by atoms with van der Waals surface area (Å²) in [6.07, 6.45) is 7.90. The Morgan fingerprint density at radius 3 is 2.81 bits per heavy atom. The lowest BCUT2D eigenvalue weighted by Crippen LogP contribution is -2.15. The third-order valence-electron chi connectivity index (χ3n) is 4.73. The van der Waals surface area contributed by atoms with E-state index in [4.69, 9.17) is 4.42 Å². The highest BCUT2D eigenvalue weighted by Crippen LogP contribution is 2.43. The molecule has 0 amide bonds. The van der Waals surface area contributed by atoms with E-state index in [0.717, 1.165) is 17.1 Å². The number of pyridine rings is 1. The van der Waals surface area contributed by atoms with Crippen LogP contribution in [0.2, 0.25) is 0 Å². The molecular weight excluding hydrogens is 328 g/mol. The van der Waals surface area contributed by atoms with Crippen LogP contribution in [-0.4, -0.2) is 30.2 Å². The molecule has 7 heteroatoms. The Kier molecular flexibility index (Phi) is 3.44. The highest BCUT2D eigenvalue weighted by atomic mass is 16.3. The van der Waals surface area contributed by atoms with Gasteiger partial charge in [-0.25, -0.2) is 4.68 Å². The summed E-state index contributed by atoms with van der Waals surface area (Å²) in [7, 11) is 0. The van der Waals surface area contributed by atoms with Crippen molar-refractivity contribution in [1.29, 1.82) is 0 Å². The number of aromatic amines is 1. The molecule has 1 atom stereocenters. The summed E-state index contributed by atoms with van der Waals surface area (Å²) in [6.45, 7) is 2.09. The SMILES string of the molecule is Cc1ccnc([C@H](C2CC2)n2cc(-c3ccc(-c4ccn[nH]4)o3)nn2)c1. The maximum atomic E-state index is 5.91. The summed E-state index contributed by atoms with van der Waals surface area (Å²) >= 11 is 0. The minimum Gasteiger partial charge on any atom is -0.453 e. The lowest BCUT2D eigenvalue weighted by molar-refractivity contribution is 0.448. The zero-order valence-electron chi connectivity index (χ0n) is 14.3. The molecule has 130 valence electrons. The third-order valence-corrected chi connectivity index (χ3v) is 4.73. The summed E-state index contributed by atoms with van der Waals surface area (Å²) in [5.74, 6) is 1.98. The van der Waals surface area contributed by atoms with E-state index in [1.165, 1.54) is 18.4 Å². The third kappa shape index (κ3) is 2.71. The first-order chi connectivity index (χ1) is 12.8. The van der Waals surface area contributed by atoms with Gasteiger partial charge in [0.15, 0.2) is 11.5 Å². The molecule has 1 saturated carbocycles. The number of H-pyrrole nitrogens is 1. The number of furan rings is 1. The average Bonchev–Trinajstić information content (AvgIpc) is 3.10. The molecule has 26 heavy (non-hydrogen) atoms. The monoisotopic (exact) mass is 346 g/mol. The number of aryl methyl sites for hydroxylation is 1. The molecule has 7 nitrogen and oxygen atoms in total. The van der Waals surface area contributed by atoms with Crippen LogP contribution in [0.1, 0.15) is 30.1 Å². The van der Waals surface area contributed by atoms with E-state index in [9.17, 15) is 0 Å². The Labute approximate surface area is 150 Å². The van der Waals surface area contributed by atoms with E-state index in [0.29, 0.717) is 17.4 Å². The molecule has 0 bridgehead atoms. The van der Waals surface area contributed by atoms with Crippen molar-refractivity contribution < 1.29 is 4.42 Å². The van der Waals surface area contributed by atoms with Crippen molar-refractivity contribution in [2.45, 2.75) is 25.8 Å². The second-order valence-electron chi connectivity index (χ2n) is 6.76. The molecule has 5 rings (SSSR count). The highest BCUT2D eigenvalue weighted by molar-refractivity contribution is 5.59. The number of nitrogens with one attached hydrogen (secondary N) is 1. The van der Waals surface area contributed by atoms with Crippen molar-refractivity contribution >= 4 is 0 Å². The van der Waals surface area contributed by atoms with Crippen molar-refractivity contribution in [3.63, 3.8) is 0 Å². The summed E-state index contributed by atoms with van der Waals surface area (Å²) in [6, 6.07) is 9.95. The van der Waals surface area contributed by atoms with Crippen LogP contribution < -0.4 is 0 Å². The van der Waals surface area contributed by atoms with Crippen molar-refractivity contribution in [3.8, 4) is 22.9 Å². The fourth-order valence-corrected chi connectivity index (χ4v) is 3.27. The molecule has 1 aliphatic rings. The van der Waals surface area contributed by atoms with Gasteiger partial charge >= 0.3 is 0 Å². The van der Waals surface area contributed by atoms with E-state index >= 15 is 0 Å². The lowest BCUT2D eigenvalue weighted by atomic mass is 10.1. The second kappa shape index (κ2) is 5.94. The first-order valence-corrected chi connectivity index (χ1v) is 8.72. The van der Waals surface area contributed by atoms with Crippen LogP contribution in [0.5, 0.6) is 0 Å². The summed E-state index contributed by atoms with van der Waals surface area (Å²) in [5, 5.41) is 15.6. The molecule has 0 spiro atoms. The number of hydrogen-bond acceptors (Lipinski definition) is 5. The van der Waals surface area contributed by atoms with E-state index in [2.05, 4.69) is 38.5 Å². The number of aromatic nitrogens is 6. The minimum absolute atomic E-state index is 0.123. The Morgan fingerprint density at radius 2 is 2.04 bits per heavy atom. The molecule has 0 radical (unpaired) electrons. The van der Waals surface area contributed by atoms with Crippen molar-refractivity contribution in [2.75, 3.05) is 0 Å². The van der Waals surface area contributed by atoms with Crippen LogP contribution in [0.4, 0.5) is 0 Å². The van der Waals surface area contributed by atoms with Gasteiger partial charge in [-0.3, -0.25) is 10.1 Å². The Hall–Kier alpha value is -3.22. The normalized spacial score (nSPS) is 15.3. The van der Waals surface area contributed by atoms with Crippen LogP contribution >= 0.6 is 0 Å². The largest absolute Gasteiger partial charge is 0.453 e. The van der Waals surface area contributed by atoms with Gasteiger partial charge in [0.2, 0.25) is 0 Å². The average molecular weight is 346 g/mol. The Balaban J connectivity index is 1.47. The van der Waals surface area contributed by atoms with Crippen LogP contribution in [0.3, 0.4) is 0 Å². The quantitative estimate of drug-likeness (QED) is 0.596. The van der Waals surface area contributed by atoms with Gasteiger partial charge in [0.25, 0.3) is 0 Å². The van der Waals surface area contributed by atoms with Crippen LogP contribution in [0.25, 0.3) is 22.9 Å². The Morgan fingerprint density at radius 1 is 1.15 bits per heavy atom. The molecular formula is C19H18N6O. The second-order valence-corrected chi connectivity index (χ2v) is 6.76. The van der Waals surface area contributed by atoms with Gasteiger partial charge in [0.1, 0.15) is 11.4 Å². The van der Waals surface area contributed by atoms with Gasteiger partial charge in [-0.05, 0) is 61.6 Å². The topological polar surface area (TPSA) is 85.4 Å². The van der Waals surface area contributed by atoms with Crippen molar-refractivity contribution in [3.05, 3.63) is 60.2 Å². The molecule has 0 saturated heterocycles. The van der Waals surface area contributed by atoms with Crippen molar-refractivity contribution in [2.24, 2.45) is 5.92 Å². The van der Waals surface area contributed by atoms with E-state index in [1.54, 1.807) is 6.20 Å². The summed E-state index contributed by atoms with van der Waals surface area (Å²) in [5.41, 5.74) is 3.80. The van der Waals surface area contributed by atoms with Crippen LogP contribution in [-0.2, 0) is 0 Å². The van der Waals surface area contributed by atoms with Crippen molar-refractivity contribution in [1.82, 2.24) is 30.2 Å². The van der Waals surface area contributed by atoms with Gasteiger partial charge in [0, 0.05) is 12.4 Å². The van der Waals surface area contributed by atoms with Gasteiger partial charge in [-0.15, -0.1) is 5.10 Å². The predicted molar refractivity (Wildman–Crippen MR) is 95.1 cm³/mol. The minimum atomic E-state index is 0.123. The predicted octanol–water partition coefficient (Wildman–Crippen LogP) is 3.63. The standard InChI is InChI=1S/C19H18N6O/c1-12-6-8-20-15(10-12)19(13-2-3-13)25-11-16(23-24-25)18-5-4-17(26-18)14-7-9-21-22-14/h4-11,13,19H,2-3H2,1H3,(H,21,22)/t19-/m0/s1. The van der Waals surface area contributed by atoms with Gasteiger partial charge in [-0.1, -0.05) is 5.21 Å². The fourth-order valence-electron chi connectivity index (χ4n) is 3.27. The zero-order valence-corrected chi connectivity index (χ0v) is 14.3. The smallest absolute Gasteiger partial charge is 0.156 e. The molecule has 1 N–H and O–H groups in total. The zero-order chi connectivity index (χ0) is 17.5. The Bertz CT molecular complexity index is 1030. The van der Waals surface area contributed by atoms with E-state index in [1.807, 2.05) is 41.3 Å². The molecule has 0 aromatic carbocycles.